The lowest BCUT2D eigenvalue weighted by Gasteiger charge is -2.14. The van der Waals surface area contributed by atoms with Crippen LogP contribution >= 0.6 is 0 Å². The summed E-state index contributed by atoms with van der Waals surface area (Å²) in [6.07, 6.45) is 4.87. The van der Waals surface area contributed by atoms with Crippen molar-refractivity contribution in [2.45, 2.75) is 13.5 Å². The predicted molar refractivity (Wildman–Crippen MR) is 108 cm³/mol. The summed E-state index contributed by atoms with van der Waals surface area (Å²) in [5.41, 5.74) is 2.42. The first-order chi connectivity index (χ1) is 14.1. The van der Waals surface area contributed by atoms with E-state index >= 15 is 0 Å². The van der Waals surface area contributed by atoms with Crippen LogP contribution in [-0.4, -0.2) is 15.9 Å². The molecule has 0 fully saturated rings. The number of ether oxygens (including phenoxy) is 1. The van der Waals surface area contributed by atoms with Gasteiger partial charge in [-0.3, -0.25) is 14.8 Å². The summed E-state index contributed by atoms with van der Waals surface area (Å²) in [4.78, 5) is 20.7. The molecule has 0 aliphatic rings. The van der Waals surface area contributed by atoms with Gasteiger partial charge in [-0.15, -0.1) is 0 Å². The molecule has 0 bridgehead atoms. The third-order valence-corrected chi connectivity index (χ3v) is 4.63. The minimum Gasteiger partial charge on any atom is -0.456 e. The molecule has 2 aromatic heterocycles. The normalized spacial score (nSPS) is 10.7. The maximum atomic E-state index is 14.0. The molecule has 0 spiro atoms. The summed E-state index contributed by atoms with van der Waals surface area (Å²) in [6, 6.07) is 15.4. The third kappa shape index (κ3) is 3.91. The van der Waals surface area contributed by atoms with Gasteiger partial charge in [0.15, 0.2) is 0 Å². The van der Waals surface area contributed by atoms with Crippen LogP contribution in [0.25, 0.3) is 10.9 Å². The van der Waals surface area contributed by atoms with E-state index in [0.717, 1.165) is 5.56 Å². The third-order valence-electron chi connectivity index (χ3n) is 4.63. The van der Waals surface area contributed by atoms with Crippen LogP contribution in [0.2, 0.25) is 0 Å². The lowest BCUT2D eigenvalue weighted by atomic mass is 10.1. The van der Waals surface area contributed by atoms with E-state index in [2.05, 4.69) is 15.3 Å². The Morgan fingerprint density at radius 3 is 2.62 bits per heavy atom. The highest BCUT2D eigenvalue weighted by Gasteiger charge is 2.14. The van der Waals surface area contributed by atoms with Crippen LogP contribution in [0.3, 0.4) is 0 Å². The Bertz CT molecular complexity index is 1180. The molecule has 29 heavy (non-hydrogen) atoms. The summed E-state index contributed by atoms with van der Waals surface area (Å²) < 4.78 is 20.0. The van der Waals surface area contributed by atoms with Crippen molar-refractivity contribution in [3.05, 3.63) is 95.7 Å². The minimum absolute atomic E-state index is 0.199. The molecule has 4 rings (SSSR count). The Morgan fingerprint density at radius 2 is 1.79 bits per heavy atom. The molecule has 0 saturated heterocycles. The topological polar surface area (TPSA) is 64.1 Å². The molecule has 2 aromatic carbocycles. The fourth-order valence-electron chi connectivity index (χ4n) is 3.07. The van der Waals surface area contributed by atoms with Gasteiger partial charge in [0.25, 0.3) is 5.91 Å². The molecular formula is C23H18FN3O2. The lowest BCUT2D eigenvalue weighted by molar-refractivity contribution is 0.0950. The van der Waals surface area contributed by atoms with Gasteiger partial charge < -0.3 is 10.1 Å². The zero-order chi connectivity index (χ0) is 20.2. The van der Waals surface area contributed by atoms with Gasteiger partial charge in [0.1, 0.15) is 22.8 Å². The van der Waals surface area contributed by atoms with Gasteiger partial charge in [0.05, 0.1) is 0 Å². The van der Waals surface area contributed by atoms with E-state index in [4.69, 9.17) is 4.74 Å². The molecule has 6 heteroatoms. The second-order valence-electron chi connectivity index (χ2n) is 6.51. The first kappa shape index (κ1) is 18.6. The van der Waals surface area contributed by atoms with Gasteiger partial charge in [0, 0.05) is 41.6 Å². The van der Waals surface area contributed by atoms with Crippen LogP contribution < -0.4 is 10.1 Å². The molecule has 0 atom stereocenters. The quantitative estimate of drug-likeness (QED) is 0.534. The zero-order valence-corrected chi connectivity index (χ0v) is 15.7. The second kappa shape index (κ2) is 8.06. The minimum atomic E-state index is -0.408. The number of aromatic nitrogens is 2. The smallest absolute Gasteiger partial charge is 0.251 e. The average molecular weight is 387 g/mol. The summed E-state index contributed by atoms with van der Waals surface area (Å²) in [5, 5.41) is 3.47. The molecule has 0 unspecified atom stereocenters. The number of fused-ring (bicyclic) bond motifs is 1. The average Bonchev–Trinajstić information content (AvgIpc) is 2.75. The highest BCUT2D eigenvalue weighted by Crippen LogP contribution is 2.32. The van der Waals surface area contributed by atoms with Crippen LogP contribution in [0, 0.1) is 12.7 Å². The van der Waals surface area contributed by atoms with Crippen molar-refractivity contribution in [3.8, 4) is 11.5 Å². The number of rotatable bonds is 5. The van der Waals surface area contributed by atoms with Crippen LogP contribution in [0.1, 0.15) is 21.5 Å². The highest BCUT2D eigenvalue weighted by atomic mass is 19.1. The fraction of sp³-hybridized carbons (Fsp3) is 0.0870. The van der Waals surface area contributed by atoms with Crippen molar-refractivity contribution in [2.75, 3.05) is 0 Å². The SMILES string of the molecule is Cc1c(Oc2ccnc3c(F)cccc23)cccc1C(=O)NCc1ccncc1. The van der Waals surface area contributed by atoms with E-state index in [1.54, 1.807) is 48.8 Å². The van der Waals surface area contributed by atoms with Crippen molar-refractivity contribution in [2.24, 2.45) is 0 Å². The summed E-state index contributed by atoms with van der Waals surface area (Å²) >= 11 is 0. The maximum Gasteiger partial charge on any atom is 0.251 e. The number of nitrogens with zero attached hydrogens (tertiary/aromatic N) is 2. The Balaban J connectivity index is 1.59. The van der Waals surface area contributed by atoms with Crippen molar-refractivity contribution < 1.29 is 13.9 Å². The van der Waals surface area contributed by atoms with Gasteiger partial charge in [-0.05, 0) is 55.0 Å². The van der Waals surface area contributed by atoms with Gasteiger partial charge in [-0.2, -0.15) is 0 Å². The van der Waals surface area contributed by atoms with E-state index in [0.29, 0.717) is 34.6 Å². The van der Waals surface area contributed by atoms with E-state index in [-0.39, 0.29) is 11.4 Å². The van der Waals surface area contributed by atoms with Crippen LogP contribution in [-0.2, 0) is 6.54 Å². The molecule has 1 N–H and O–H groups in total. The number of carbonyl (C=O) groups excluding carboxylic acids is 1. The Morgan fingerprint density at radius 1 is 1.00 bits per heavy atom. The van der Waals surface area contributed by atoms with Crippen LogP contribution in [0.15, 0.2) is 73.2 Å². The van der Waals surface area contributed by atoms with Gasteiger partial charge >= 0.3 is 0 Å². The van der Waals surface area contributed by atoms with Crippen molar-refractivity contribution in [1.82, 2.24) is 15.3 Å². The summed E-state index contributed by atoms with van der Waals surface area (Å²) in [5.74, 6) is 0.398. The van der Waals surface area contributed by atoms with Gasteiger partial charge in [0.2, 0.25) is 0 Å². The number of amides is 1. The number of hydrogen-bond acceptors (Lipinski definition) is 4. The van der Waals surface area contributed by atoms with Crippen LogP contribution in [0.5, 0.6) is 11.5 Å². The molecule has 1 amide bonds. The first-order valence-electron chi connectivity index (χ1n) is 9.11. The van der Waals surface area contributed by atoms with E-state index < -0.39 is 5.82 Å². The second-order valence-corrected chi connectivity index (χ2v) is 6.51. The maximum absolute atomic E-state index is 14.0. The summed E-state index contributed by atoms with van der Waals surface area (Å²) in [7, 11) is 0. The monoisotopic (exact) mass is 387 g/mol. The number of carbonyl (C=O) groups is 1. The molecule has 0 aliphatic heterocycles. The van der Waals surface area contributed by atoms with E-state index in [1.165, 1.54) is 12.3 Å². The standard InChI is InChI=1S/C23H18FN3O2/c1-15-17(23(28)27-14-16-8-11-25-12-9-16)4-3-7-20(15)29-21-10-13-26-22-18(21)5-2-6-19(22)24/h2-13H,14H2,1H3,(H,27,28). The highest BCUT2D eigenvalue weighted by molar-refractivity contribution is 5.96. The Labute approximate surface area is 167 Å². The van der Waals surface area contributed by atoms with Crippen molar-refractivity contribution >= 4 is 16.8 Å². The number of benzene rings is 2. The molecule has 4 aromatic rings. The molecule has 5 nitrogen and oxygen atoms in total. The van der Waals surface area contributed by atoms with Gasteiger partial charge in [-0.25, -0.2) is 4.39 Å². The van der Waals surface area contributed by atoms with E-state index in [1.807, 2.05) is 19.1 Å². The predicted octanol–water partition coefficient (Wildman–Crippen LogP) is 4.80. The van der Waals surface area contributed by atoms with Gasteiger partial charge in [-0.1, -0.05) is 12.1 Å². The molecule has 2 heterocycles. The fourth-order valence-corrected chi connectivity index (χ4v) is 3.07. The molecule has 0 aliphatic carbocycles. The molecule has 144 valence electrons. The lowest BCUT2D eigenvalue weighted by Crippen LogP contribution is -2.23. The zero-order valence-electron chi connectivity index (χ0n) is 15.7. The van der Waals surface area contributed by atoms with Crippen molar-refractivity contribution in [3.63, 3.8) is 0 Å². The number of nitrogens with one attached hydrogen (secondary N) is 1. The largest absolute Gasteiger partial charge is 0.456 e. The van der Waals surface area contributed by atoms with Crippen LogP contribution in [0.4, 0.5) is 4.39 Å². The number of halogens is 1. The number of pyridine rings is 2. The molecule has 0 saturated carbocycles. The van der Waals surface area contributed by atoms with E-state index in [9.17, 15) is 9.18 Å². The molecule has 0 radical (unpaired) electrons. The Kier molecular flexibility index (Phi) is 5.16. The number of hydrogen-bond donors (Lipinski definition) is 1. The summed E-state index contributed by atoms with van der Waals surface area (Å²) in [6.45, 7) is 2.22. The molecular weight excluding hydrogens is 369 g/mol. The van der Waals surface area contributed by atoms with Crippen molar-refractivity contribution in [1.29, 1.82) is 0 Å². The first-order valence-corrected chi connectivity index (χ1v) is 9.11. The Hall–Kier alpha value is -3.80. The number of para-hydroxylation sites is 1.